The second-order valence-electron chi connectivity index (χ2n) is 4.00. The zero-order valence-corrected chi connectivity index (χ0v) is 8.83. The van der Waals surface area contributed by atoms with Crippen molar-refractivity contribution < 1.29 is 0 Å². The highest BCUT2D eigenvalue weighted by atomic mass is 14.6. The van der Waals surface area contributed by atoms with Gasteiger partial charge < -0.3 is 5.73 Å². The number of rotatable bonds is 1. The van der Waals surface area contributed by atoms with Gasteiger partial charge in [0.1, 0.15) is 0 Å². The zero-order chi connectivity index (χ0) is 10.1. The Labute approximate surface area is 85.6 Å². The molecule has 1 nitrogen and oxygen atoms in total. The van der Waals surface area contributed by atoms with Crippen LogP contribution in [-0.2, 0) is 0 Å². The summed E-state index contributed by atoms with van der Waals surface area (Å²) in [5.74, 6) is 0.560. The van der Waals surface area contributed by atoms with E-state index in [9.17, 15) is 0 Å². The Morgan fingerprint density at radius 3 is 2.79 bits per heavy atom. The van der Waals surface area contributed by atoms with Crippen molar-refractivity contribution in [3.63, 3.8) is 0 Å². The lowest BCUT2D eigenvalue weighted by Crippen LogP contribution is -2.17. The first-order chi connectivity index (χ1) is 6.74. The molecule has 0 aliphatic heterocycles. The summed E-state index contributed by atoms with van der Waals surface area (Å²) >= 11 is 0. The second-order valence-corrected chi connectivity index (χ2v) is 4.00. The maximum absolute atomic E-state index is 6.08. The van der Waals surface area contributed by atoms with Crippen LogP contribution in [0.2, 0.25) is 0 Å². The molecule has 0 radical (unpaired) electrons. The van der Waals surface area contributed by atoms with Crippen molar-refractivity contribution in [3.05, 3.63) is 47.0 Å². The Kier molecular flexibility index (Phi) is 2.42. The SMILES string of the molecule is CC[C@H]1C=C[C@@H](N)c2c(C)cccc21. The highest BCUT2D eigenvalue weighted by Crippen LogP contribution is 2.34. The van der Waals surface area contributed by atoms with Crippen LogP contribution in [0.15, 0.2) is 30.4 Å². The average molecular weight is 187 g/mol. The van der Waals surface area contributed by atoms with Crippen molar-refractivity contribution >= 4 is 0 Å². The minimum atomic E-state index is 0.0917. The van der Waals surface area contributed by atoms with Gasteiger partial charge in [-0.2, -0.15) is 0 Å². The fourth-order valence-corrected chi connectivity index (χ4v) is 2.29. The average Bonchev–Trinajstić information content (AvgIpc) is 2.18. The smallest absolute Gasteiger partial charge is 0.0486 e. The van der Waals surface area contributed by atoms with Crippen LogP contribution in [0.3, 0.4) is 0 Å². The predicted octanol–water partition coefficient (Wildman–Crippen LogP) is 3.06. The summed E-state index contributed by atoms with van der Waals surface area (Å²) in [7, 11) is 0. The Bertz CT molecular complexity index is 365. The molecule has 0 heterocycles. The van der Waals surface area contributed by atoms with Gasteiger partial charge in [0.15, 0.2) is 0 Å². The van der Waals surface area contributed by atoms with Gasteiger partial charge in [0, 0.05) is 12.0 Å². The summed E-state index contributed by atoms with van der Waals surface area (Å²) in [5, 5.41) is 0. The number of allylic oxidation sites excluding steroid dienone is 1. The monoisotopic (exact) mass is 187 g/mol. The van der Waals surface area contributed by atoms with Gasteiger partial charge in [-0.3, -0.25) is 0 Å². The molecule has 0 unspecified atom stereocenters. The number of fused-ring (bicyclic) bond motifs is 1. The second kappa shape index (κ2) is 3.58. The maximum atomic E-state index is 6.08. The number of aryl methyl sites for hydroxylation is 1. The third kappa shape index (κ3) is 1.38. The normalized spacial score (nSPS) is 24.8. The van der Waals surface area contributed by atoms with Crippen LogP contribution in [0.25, 0.3) is 0 Å². The molecule has 0 amide bonds. The van der Waals surface area contributed by atoms with E-state index >= 15 is 0 Å². The summed E-state index contributed by atoms with van der Waals surface area (Å²) in [5.41, 5.74) is 10.1. The zero-order valence-electron chi connectivity index (χ0n) is 8.83. The largest absolute Gasteiger partial charge is 0.321 e. The maximum Gasteiger partial charge on any atom is 0.0486 e. The van der Waals surface area contributed by atoms with Crippen LogP contribution in [0.4, 0.5) is 0 Å². The number of hydrogen-bond donors (Lipinski definition) is 1. The van der Waals surface area contributed by atoms with Gasteiger partial charge in [-0.15, -0.1) is 0 Å². The molecular weight excluding hydrogens is 170 g/mol. The molecule has 0 saturated carbocycles. The molecule has 1 aliphatic rings. The van der Waals surface area contributed by atoms with Crippen LogP contribution in [0.1, 0.15) is 42.0 Å². The molecular formula is C13H17N. The number of nitrogens with two attached hydrogens (primary N) is 1. The minimum absolute atomic E-state index is 0.0917. The lowest BCUT2D eigenvalue weighted by molar-refractivity contribution is 0.733. The molecule has 0 saturated heterocycles. The Morgan fingerprint density at radius 1 is 1.29 bits per heavy atom. The van der Waals surface area contributed by atoms with E-state index in [1.807, 2.05) is 0 Å². The lowest BCUT2D eigenvalue weighted by Gasteiger charge is -2.25. The predicted molar refractivity (Wildman–Crippen MR) is 60.3 cm³/mol. The van der Waals surface area contributed by atoms with E-state index in [0.29, 0.717) is 5.92 Å². The fraction of sp³-hybridized carbons (Fsp3) is 0.385. The van der Waals surface area contributed by atoms with Gasteiger partial charge in [0.25, 0.3) is 0 Å². The number of hydrogen-bond acceptors (Lipinski definition) is 1. The molecule has 1 aromatic carbocycles. The van der Waals surface area contributed by atoms with Gasteiger partial charge in [-0.1, -0.05) is 37.3 Å². The topological polar surface area (TPSA) is 26.0 Å². The van der Waals surface area contributed by atoms with E-state index < -0.39 is 0 Å². The molecule has 0 fully saturated rings. The van der Waals surface area contributed by atoms with E-state index in [-0.39, 0.29) is 6.04 Å². The molecule has 2 atom stereocenters. The van der Waals surface area contributed by atoms with Crippen molar-refractivity contribution in [2.24, 2.45) is 5.73 Å². The van der Waals surface area contributed by atoms with Gasteiger partial charge in [0.05, 0.1) is 0 Å². The summed E-state index contributed by atoms with van der Waals surface area (Å²) in [6.07, 6.45) is 5.52. The van der Waals surface area contributed by atoms with Crippen LogP contribution >= 0.6 is 0 Å². The van der Waals surface area contributed by atoms with Gasteiger partial charge >= 0.3 is 0 Å². The van der Waals surface area contributed by atoms with Gasteiger partial charge in [-0.25, -0.2) is 0 Å². The van der Waals surface area contributed by atoms with Crippen molar-refractivity contribution in [2.75, 3.05) is 0 Å². The van der Waals surface area contributed by atoms with Crippen molar-refractivity contribution in [1.29, 1.82) is 0 Å². The van der Waals surface area contributed by atoms with E-state index in [4.69, 9.17) is 5.73 Å². The highest BCUT2D eigenvalue weighted by Gasteiger charge is 2.20. The van der Waals surface area contributed by atoms with Gasteiger partial charge in [-0.05, 0) is 30.0 Å². The molecule has 0 spiro atoms. The molecule has 0 bridgehead atoms. The van der Waals surface area contributed by atoms with E-state index in [0.717, 1.165) is 6.42 Å². The molecule has 1 aliphatic carbocycles. The van der Waals surface area contributed by atoms with Crippen molar-refractivity contribution in [3.8, 4) is 0 Å². The van der Waals surface area contributed by atoms with Crippen LogP contribution in [-0.4, -0.2) is 0 Å². The minimum Gasteiger partial charge on any atom is -0.321 e. The van der Waals surface area contributed by atoms with Gasteiger partial charge in [0.2, 0.25) is 0 Å². The summed E-state index contributed by atoms with van der Waals surface area (Å²) in [4.78, 5) is 0. The first-order valence-corrected chi connectivity index (χ1v) is 5.27. The molecule has 14 heavy (non-hydrogen) atoms. The Balaban J connectivity index is 2.56. The third-order valence-electron chi connectivity index (χ3n) is 3.08. The number of benzene rings is 1. The third-order valence-corrected chi connectivity index (χ3v) is 3.08. The fourth-order valence-electron chi connectivity index (χ4n) is 2.29. The molecule has 2 N–H and O–H groups in total. The van der Waals surface area contributed by atoms with Crippen molar-refractivity contribution in [1.82, 2.24) is 0 Å². The molecule has 0 aromatic heterocycles. The first kappa shape index (κ1) is 9.47. The Morgan fingerprint density at radius 2 is 2.07 bits per heavy atom. The summed E-state index contributed by atoms with van der Waals surface area (Å²) in [6, 6.07) is 6.57. The van der Waals surface area contributed by atoms with E-state index in [2.05, 4.69) is 44.2 Å². The molecule has 2 rings (SSSR count). The molecule has 1 heteroatoms. The highest BCUT2D eigenvalue weighted by molar-refractivity contribution is 5.45. The Hall–Kier alpha value is -1.08. The van der Waals surface area contributed by atoms with Crippen LogP contribution in [0.5, 0.6) is 0 Å². The van der Waals surface area contributed by atoms with Crippen LogP contribution in [0, 0.1) is 6.92 Å². The lowest BCUT2D eigenvalue weighted by atomic mass is 9.82. The van der Waals surface area contributed by atoms with E-state index in [1.165, 1.54) is 16.7 Å². The van der Waals surface area contributed by atoms with Crippen molar-refractivity contribution in [2.45, 2.75) is 32.2 Å². The van der Waals surface area contributed by atoms with E-state index in [1.54, 1.807) is 0 Å². The summed E-state index contributed by atoms with van der Waals surface area (Å²) < 4.78 is 0. The first-order valence-electron chi connectivity index (χ1n) is 5.27. The standard InChI is InChI=1S/C13H17N/c1-3-10-7-8-12(14)13-9(2)5-4-6-11(10)13/h4-8,10,12H,3,14H2,1-2H3/t10-,12+/m0/s1. The quantitative estimate of drug-likeness (QED) is 0.672. The summed E-state index contributed by atoms with van der Waals surface area (Å²) in [6.45, 7) is 4.36. The molecule has 1 aromatic rings. The van der Waals surface area contributed by atoms with Crippen LogP contribution < -0.4 is 5.73 Å². The molecule has 74 valence electrons.